The fourth-order valence-corrected chi connectivity index (χ4v) is 1.21. The molecular formula is C19H26O8. The summed E-state index contributed by atoms with van der Waals surface area (Å²) in [4.78, 5) is 42.3. The monoisotopic (exact) mass is 382 g/mol. The number of esters is 4. The Balaban J connectivity index is 0. The summed E-state index contributed by atoms with van der Waals surface area (Å²) in [5.74, 6) is -1.95. The summed E-state index contributed by atoms with van der Waals surface area (Å²) in [6, 6.07) is 0. The molecule has 0 saturated carbocycles. The van der Waals surface area contributed by atoms with Crippen molar-refractivity contribution in [2.45, 2.75) is 25.9 Å². The van der Waals surface area contributed by atoms with Gasteiger partial charge in [0.05, 0.1) is 13.2 Å². The van der Waals surface area contributed by atoms with E-state index in [1.54, 1.807) is 6.92 Å². The molecule has 8 nitrogen and oxygen atoms in total. The third-order valence-electron chi connectivity index (χ3n) is 2.47. The molecule has 0 radical (unpaired) electrons. The Morgan fingerprint density at radius 2 is 1.07 bits per heavy atom. The van der Waals surface area contributed by atoms with Crippen LogP contribution < -0.4 is 0 Å². The molecule has 0 aliphatic heterocycles. The van der Waals surface area contributed by atoms with Crippen LogP contribution in [0.5, 0.6) is 0 Å². The maximum Gasteiger partial charge on any atom is 0.330 e. The molecule has 0 aromatic carbocycles. The average molecular weight is 382 g/mol. The van der Waals surface area contributed by atoms with Gasteiger partial charge in [-0.25, -0.2) is 19.2 Å². The standard InChI is InChI=1S/C10H14O4.C9H12O4/c1-3-9(11)13-7-5-6-8-14-10(12)4-2;1-4-8(10)12-6-7(3)13-9(11)5-2/h3-4H,1-2,5-8H2;4-5,7H,1-2,6H2,3H3. The lowest BCUT2D eigenvalue weighted by atomic mass is 10.3. The van der Waals surface area contributed by atoms with E-state index in [1.165, 1.54) is 0 Å². The zero-order valence-electron chi connectivity index (χ0n) is 15.5. The highest BCUT2D eigenvalue weighted by Gasteiger charge is 2.08. The van der Waals surface area contributed by atoms with Gasteiger partial charge in [0.1, 0.15) is 12.7 Å². The number of carbonyl (C=O) groups excluding carboxylic acids is 4. The molecule has 0 aromatic heterocycles. The van der Waals surface area contributed by atoms with Gasteiger partial charge in [0.25, 0.3) is 0 Å². The lowest BCUT2D eigenvalue weighted by Gasteiger charge is -2.10. The lowest BCUT2D eigenvalue weighted by Crippen LogP contribution is -2.20. The Hall–Kier alpha value is -3.16. The minimum atomic E-state index is -0.540. The average Bonchev–Trinajstić information content (AvgIpc) is 2.68. The van der Waals surface area contributed by atoms with E-state index in [0.717, 1.165) is 24.3 Å². The number of hydrogen-bond donors (Lipinski definition) is 0. The quantitative estimate of drug-likeness (QED) is 0.219. The molecule has 0 heterocycles. The third-order valence-corrected chi connectivity index (χ3v) is 2.47. The van der Waals surface area contributed by atoms with E-state index in [4.69, 9.17) is 14.2 Å². The highest BCUT2D eigenvalue weighted by molar-refractivity contribution is 5.82. The Kier molecular flexibility index (Phi) is 17.1. The number of unbranched alkanes of at least 4 members (excludes halogenated alkanes) is 1. The second-order valence-corrected chi connectivity index (χ2v) is 4.74. The van der Waals surface area contributed by atoms with Gasteiger partial charge >= 0.3 is 23.9 Å². The largest absolute Gasteiger partial charge is 0.463 e. The molecule has 0 spiro atoms. The number of rotatable bonds is 12. The fourth-order valence-electron chi connectivity index (χ4n) is 1.21. The van der Waals surface area contributed by atoms with E-state index in [0.29, 0.717) is 26.1 Å². The molecule has 0 amide bonds. The summed E-state index contributed by atoms with van der Waals surface area (Å²) in [7, 11) is 0. The summed E-state index contributed by atoms with van der Waals surface area (Å²) in [6.07, 6.45) is 5.14. The zero-order chi connectivity index (χ0) is 21.1. The van der Waals surface area contributed by atoms with Gasteiger partial charge in [0.2, 0.25) is 0 Å². The van der Waals surface area contributed by atoms with Crippen LogP contribution >= 0.6 is 0 Å². The third kappa shape index (κ3) is 19.0. The summed E-state index contributed by atoms with van der Waals surface area (Å²) in [6.45, 7) is 15.2. The van der Waals surface area contributed by atoms with Crippen molar-refractivity contribution in [2.24, 2.45) is 0 Å². The SMILES string of the molecule is C=CC(=O)OCC(C)OC(=O)C=C.C=CC(=O)OCCCCOC(=O)C=C. The van der Waals surface area contributed by atoms with Crippen molar-refractivity contribution >= 4 is 23.9 Å². The molecule has 1 unspecified atom stereocenters. The molecule has 27 heavy (non-hydrogen) atoms. The first kappa shape index (κ1) is 26.1. The summed E-state index contributed by atoms with van der Waals surface area (Å²) >= 11 is 0. The first-order chi connectivity index (χ1) is 12.8. The normalized spacial score (nSPS) is 9.96. The van der Waals surface area contributed by atoms with Gasteiger partial charge in [-0.15, -0.1) is 0 Å². The Labute approximate surface area is 159 Å². The van der Waals surface area contributed by atoms with Crippen LogP contribution in [0.15, 0.2) is 50.6 Å². The zero-order valence-corrected chi connectivity index (χ0v) is 15.5. The van der Waals surface area contributed by atoms with Crippen molar-refractivity contribution in [3.05, 3.63) is 50.6 Å². The second-order valence-electron chi connectivity index (χ2n) is 4.74. The number of ether oxygens (including phenoxy) is 4. The second kappa shape index (κ2) is 17.7. The topological polar surface area (TPSA) is 105 Å². The van der Waals surface area contributed by atoms with Crippen molar-refractivity contribution in [1.29, 1.82) is 0 Å². The maximum absolute atomic E-state index is 10.6. The summed E-state index contributed by atoms with van der Waals surface area (Å²) in [5.41, 5.74) is 0. The van der Waals surface area contributed by atoms with E-state index in [2.05, 4.69) is 31.1 Å². The summed E-state index contributed by atoms with van der Waals surface area (Å²) < 4.78 is 18.8. The molecule has 150 valence electrons. The van der Waals surface area contributed by atoms with Gasteiger partial charge in [-0.2, -0.15) is 0 Å². The molecule has 0 aliphatic carbocycles. The Bertz CT molecular complexity index is 512. The van der Waals surface area contributed by atoms with Crippen molar-refractivity contribution in [3.8, 4) is 0 Å². The number of carbonyl (C=O) groups is 4. The molecule has 0 aromatic rings. The van der Waals surface area contributed by atoms with Gasteiger partial charge in [-0.1, -0.05) is 26.3 Å². The van der Waals surface area contributed by atoms with E-state index < -0.39 is 30.0 Å². The van der Waals surface area contributed by atoms with E-state index in [-0.39, 0.29) is 6.61 Å². The van der Waals surface area contributed by atoms with Crippen molar-refractivity contribution in [3.63, 3.8) is 0 Å². The van der Waals surface area contributed by atoms with Crippen molar-refractivity contribution < 1.29 is 38.1 Å². The molecule has 8 heteroatoms. The molecule has 0 rings (SSSR count). The van der Waals surface area contributed by atoms with Gasteiger partial charge in [-0.05, 0) is 19.8 Å². The molecule has 0 N–H and O–H groups in total. The highest BCUT2D eigenvalue weighted by atomic mass is 16.6. The Morgan fingerprint density at radius 1 is 0.704 bits per heavy atom. The minimum Gasteiger partial charge on any atom is -0.463 e. The van der Waals surface area contributed by atoms with Crippen molar-refractivity contribution in [2.75, 3.05) is 19.8 Å². The number of hydrogen-bond acceptors (Lipinski definition) is 8. The van der Waals surface area contributed by atoms with Crippen LogP contribution in [0.1, 0.15) is 19.8 Å². The predicted octanol–water partition coefficient (Wildman–Crippen LogP) is 2.06. The molecule has 0 fully saturated rings. The van der Waals surface area contributed by atoms with Crippen LogP contribution in [0, 0.1) is 0 Å². The van der Waals surface area contributed by atoms with E-state index >= 15 is 0 Å². The van der Waals surface area contributed by atoms with Crippen LogP contribution in [0.25, 0.3) is 0 Å². The van der Waals surface area contributed by atoms with E-state index in [1.807, 2.05) is 0 Å². The first-order valence-corrected chi connectivity index (χ1v) is 8.01. The van der Waals surface area contributed by atoms with Crippen LogP contribution in [0.4, 0.5) is 0 Å². The van der Waals surface area contributed by atoms with E-state index in [9.17, 15) is 19.2 Å². The van der Waals surface area contributed by atoms with Crippen LogP contribution in [0.3, 0.4) is 0 Å². The van der Waals surface area contributed by atoms with Gasteiger partial charge in [0.15, 0.2) is 0 Å². The molecule has 0 bridgehead atoms. The molecular weight excluding hydrogens is 356 g/mol. The first-order valence-electron chi connectivity index (χ1n) is 8.01. The van der Waals surface area contributed by atoms with Crippen LogP contribution in [0.2, 0.25) is 0 Å². The van der Waals surface area contributed by atoms with Gasteiger partial charge < -0.3 is 18.9 Å². The maximum atomic E-state index is 10.6. The lowest BCUT2D eigenvalue weighted by molar-refractivity contribution is -0.151. The predicted molar refractivity (Wildman–Crippen MR) is 98.5 cm³/mol. The van der Waals surface area contributed by atoms with Crippen LogP contribution in [-0.4, -0.2) is 49.8 Å². The molecule has 1 atom stereocenters. The smallest absolute Gasteiger partial charge is 0.330 e. The highest BCUT2D eigenvalue weighted by Crippen LogP contribution is 1.94. The van der Waals surface area contributed by atoms with Gasteiger partial charge in [-0.3, -0.25) is 0 Å². The molecule has 0 aliphatic rings. The van der Waals surface area contributed by atoms with Crippen molar-refractivity contribution in [1.82, 2.24) is 0 Å². The minimum absolute atomic E-state index is 0.0183. The van der Waals surface area contributed by atoms with Gasteiger partial charge in [0, 0.05) is 24.3 Å². The molecule has 0 saturated heterocycles. The Morgan fingerprint density at radius 3 is 1.44 bits per heavy atom. The fraction of sp³-hybridized carbons (Fsp3) is 0.368. The van der Waals surface area contributed by atoms with Crippen LogP contribution in [-0.2, 0) is 38.1 Å². The summed E-state index contributed by atoms with van der Waals surface area (Å²) in [5, 5.41) is 0.